The highest BCUT2D eigenvalue weighted by molar-refractivity contribution is 5.71. The van der Waals surface area contributed by atoms with Crippen molar-refractivity contribution < 1.29 is 4.74 Å². The highest BCUT2D eigenvalue weighted by Crippen LogP contribution is 2.23. The van der Waals surface area contributed by atoms with Crippen LogP contribution in [0.3, 0.4) is 0 Å². The number of aromatic nitrogens is 2. The van der Waals surface area contributed by atoms with Crippen molar-refractivity contribution in [1.29, 1.82) is 0 Å². The molecule has 2 aromatic carbocycles. The fourth-order valence-electron chi connectivity index (χ4n) is 2.15. The summed E-state index contributed by atoms with van der Waals surface area (Å²) in [6, 6.07) is 16.5. The molecular formula is C19H16N2O. The average Bonchev–Trinajstić information content (AvgIpc) is 2.61. The van der Waals surface area contributed by atoms with E-state index >= 15 is 0 Å². The second-order valence-electron chi connectivity index (χ2n) is 4.81. The van der Waals surface area contributed by atoms with Crippen molar-refractivity contribution in [3.8, 4) is 16.9 Å². The molecule has 3 nitrogen and oxygen atoms in total. The summed E-state index contributed by atoms with van der Waals surface area (Å²) in [4.78, 5) is 8.25. The van der Waals surface area contributed by atoms with Gasteiger partial charge in [0.05, 0.1) is 19.0 Å². The number of benzene rings is 2. The molecule has 22 heavy (non-hydrogen) atoms. The fourth-order valence-corrected chi connectivity index (χ4v) is 2.15. The molecule has 0 saturated carbocycles. The molecule has 3 heteroatoms. The number of nitrogens with zero attached hydrogens (tertiary/aromatic N) is 2. The number of hydrogen-bond acceptors (Lipinski definition) is 3. The van der Waals surface area contributed by atoms with Crippen LogP contribution in [0, 0.1) is 0 Å². The van der Waals surface area contributed by atoms with Crippen LogP contribution >= 0.6 is 0 Å². The monoisotopic (exact) mass is 288 g/mol. The number of ether oxygens (including phenoxy) is 1. The highest BCUT2D eigenvalue weighted by atomic mass is 16.5. The van der Waals surface area contributed by atoms with Gasteiger partial charge in [-0.1, -0.05) is 42.5 Å². The largest absolute Gasteiger partial charge is 0.497 e. The summed E-state index contributed by atoms with van der Waals surface area (Å²) in [5.74, 6) is 0.868. The molecule has 0 atom stereocenters. The predicted molar refractivity (Wildman–Crippen MR) is 89.4 cm³/mol. The van der Waals surface area contributed by atoms with Crippen LogP contribution in [0.25, 0.3) is 23.3 Å². The molecule has 1 aromatic heterocycles. The van der Waals surface area contributed by atoms with Gasteiger partial charge in [-0.25, -0.2) is 0 Å². The second-order valence-corrected chi connectivity index (χ2v) is 4.81. The summed E-state index contributed by atoms with van der Waals surface area (Å²) >= 11 is 0. The Morgan fingerprint density at radius 3 is 2.09 bits per heavy atom. The van der Waals surface area contributed by atoms with Crippen LogP contribution in [0.2, 0.25) is 0 Å². The topological polar surface area (TPSA) is 35.0 Å². The molecule has 0 N–H and O–H groups in total. The van der Waals surface area contributed by atoms with Crippen LogP contribution in [0.4, 0.5) is 0 Å². The van der Waals surface area contributed by atoms with Crippen molar-refractivity contribution in [2.24, 2.45) is 0 Å². The zero-order chi connectivity index (χ0) is 15.2. The highest BCUT2D eigenvalue weighted by Gasteiger charge is 1.98. The molecule has 1 heterocycles. The minimum Gasteiger partial charge on any atom is -0.497 e. The van der Waals surface area contributed by atoms with Gasteiger partial charge in [0.1, 0.15) is 5.75 Å². The summed E-state index contributed by atoms with van der Waals surface area (Å²) in [5, 5.41) is 0. The molecule has 0 radical (unpaired) electrons. The summed E-state index contributed by atoms with van der Waals surface area (Å²) < 4.78 is 5.18. The number of rotatable bonds is 4. The minimum absolute atomic E-state index is 0.849. The first-order valence-corrected chi connectivity index (χ1v) is 7.04. The quantitative estimate of drug-likeness (QED) is 0.717. The van der Waals surface area contributed by atoms with Gasteiger partial charge in [-0.05, 0) is 34.9 Å². The van der Waals surface area contributed by atoms with Gasteiger partial charge in [-0.15, -0.1) is 0 Å². The van der Waals surface area contributed by atoms with Crippen LogP contribution in [-0.2, 0) is 0 Å². The van der Waals surface area contributed by atoms with Gasteiger partial charge in [0.15, 0.2) is 0 Å². The molecule has 0 aliphatic carbocycles. The first-order chi connectivity index (χ1) is 10.8. The third-order valence-corrected chi connectivity index (χ3v) is 3.36. The smallest absolute Gasteiger partial charge is 0.118 e. The van der Waals surface area contributed by atoms with Crippen molar-refractivity contribution in [2.75, 3.05) is 7.11 Å². The Balaban J connectivity index is 1.76. The zero-order valence-electron chi connectivity index (χ0n) is 12.3. The van der Waals surface area contributed by atoms with Crippen LogP contribution in [0.5, 0.6) is 5.75 Å². The van der Waals surface area contributed by atoms with Gasteiger partial charge in [-0.3, -0.25) is 9.97 Å². The van der Waals surface area contributed by atoms with E-state index in [2.05, 4.69) is 46.4 Å². The molecule has 0 amide bonds. The van der Waals surface area contributed by atoms with Gasteiger partial charge in [0.2, 0.25) is 0 Å². The maximum absolute atomic E-state index is 5.18. The van der Waals surface area contributed by atoms with Crippen molar-refractivity contribution in [2.45, 2.75) is 0 Å². The van der Waals surface area contributed by atoms with E-state index in [1.165, 1.54) is 11.1 Å². The Labute approximate surface area is 130 Å². The van der Waals surface area contributed by atoms with E-state index in [-0.39, 0.29) is 0 Å². The van der Waals surface area contributed by atoms with Gasteiger partial charge in [0, 0.05) is 12.4 Å². The second kappa shape index (κ2) is 6.68. The van der Waals surface area contributed by atoms with Gasteiger partial charge in [0.25, 0.3) is 0 Å². The third kappa shape index (κ3) is 3.38. The first-order valence-electron chi connectivity index (χ1n) is 7.04. The maximum atomic E-state index is 5.18. The summed E-state index contributed by atoms with van der Waals surface area (Å²) in [6.45, 7) is 0. The van der Waals surface area contributed by atoms with E-state index in [0.717, 1.165) is 17.0 Å². The fraction of sp³-hybridized carbons (Fsp3) is 0.0526. The average molecular weight is 288 g/mol. The molecule has 0 bridgehead atoms. The van der Waals surface area contributed by atoms with Gasteiger partial charge in [-0.2, -0.15) is 0 Å². The lowest BCUT2D eigenvalue weighted by atomic mass is 10.0. The number of methoxy groups -OCH3 is 1. The van der Waals surface area contributed by atoms with Crippen molar-refractivity contribution >= 4 is 12.2 Å². The Kier molecular flexibility index (Phi) is 4.25. The predicted octanol–water partition coefficient (Wildman–Crippen LogP) is 4.32. The zero-order valence-corrected chi connectivity index (χ0v) is 12.3. The Morgan fingerprint density at radius 1 is 0.818 bits per heavy atom. The summed E-state index contributed by atoms with van der Waals surface area (Å²) in [6.07, 6.45) is 9.08. The Hall–Kier alpha value is -2.94. The lowest BCUT2D eigenvalue weighted by Gasteiger charge is -2.04. The van der Waals surface area contributed by atoms with E-state index in [9.17, 15) is 0 Å². The normalized spacial score (nSPS) is 10.8. The van der Waals surface area contributed by atoms with Crippen LogP contribution in [0.15, 0.2) is 67.1 Å². The molecule has 0 unspecified atom stereocenters. The minimum atomic E-state index is 0.849. The molecule has 0 aliphatic rings. The summed E-state index contributed by atoms with van der Waals surface area (Å²) in [5.41, 5.74) is 4.33. The van der Waals surface area contributed by atoms with Gasteiger partial charge < -0.3 is 4.74 Å². The molecule has 3 rings (SSSR count). The number of hydrogen-bond donors (Lipinski definition) is 0. The van der Waals surface area contributed by atoms with E-state index in [1.54, 1.807) is 25.7 Å². The lowest BCUT2D eigenvalue weighted by Crippen LogP contribution is -1.83. The standard InChI is InChI=1S/C19H16N2O/c1-22-19-10-7-17(8-11-19)16-5-2-15(3-6-16)4-9-18-14-20-12-13-21-18/h2-14H,1H3/b9-4+. The van der Waals surface area contributed by atoms with E-state index in [0.29, 0.717) is 0 Å². The van der Waals surface area contributed by atoms with Crippen LogP contribution in [-0.4, -0.2) is 17.1 Å². The van der Waals surface area contributed by atoms with Gasteiger partial charge >= 0.3 is 0 Å². The Bertz CT molecular complexity index is 748. The van der Waals surface area contributed by atoms with E-state index in [1.807, 2.05) is 24.3 Å². The van der Waals surface area contributed by atoms with Crippen LogP contribution < -0.4 is 4.74 Å². The molecule has 108 valence electrons. The first kappa shape index (κ1) is 14.0. The van der Waals surface area contributed by atoms with Crippen molar-refractivity contribution in [1.82, 2.24) is 9.97 Å². The molecule has 0 spiro atoms. The van der Waals surface area contributed by atoms with Crippen molar-refractivity contribution in [3.63, 3.8) is 0 Å². The summed E-state index contributed by atoms with van der Waals surface area (Å²) in [7, 11) is 1.67. The maximum Gasteiger partial charge on any atom is 0.118 e. The molecule has 3 aromatic rings. The van der Waals surface area contributed by atoms with E-state index in [4.69, 9.17) is 4.74 Å². The SMILES string of the molecule is COc1ccc(-c2ccc(/C=C/c3cnccn3)cc2)cc1. The molecular weight excluding hydrogens is 272 g/mol. The Morgan fingerprint density at radius 2 is 1.50 bits per heavy atom. The van der Waals surface area contributed by atoms with E-state index < -0.39 is 0 Å². The molecule has 0 fully saturated rings. The molecule has 0 aliphatic heterocycles. The third-order valence-electron chi connectivity index (χ3n) is 3.36. The molecule has 0 saturated heterocycles. The van der Waals surface area contributed by atoms with Crippen molar-refractivity contribution in [3.05, 3.63) is 78.4 Å². The van der Waals surface area contributed by atoms with Crippen LogP contribution in [0.1, 0.15) is 11.3 Å². The lowest BCUT2D eigenvalue weighted by molar-refractivity contribution is 0.415.